The fourth-order valence-electron chi connectivity index (χ4n) is 2.42. The van der Waals surface area contributed by atoms with Crippen LogP contribution < -0.4 is 0 Å². The van der Waals surface area contributed by atoms with Gasteiger partial charge in [-0.25, -0.2) is 0 Å². The lowest BCUT2D eigenvalue weighted by atomic mass is 10.2. The first-order chi connectivity index (χ1) is 12.5. The molecule has 0 radical (unpaired) electrons. The largest absolute Gasteiger partial charge is 0.457 e. The Labute approximate surface area is 171 Å². The quantitative estimate of drug-likeness (QED) is 0.346. The molecule has 4 nitrogen and oxygen atoms in total. The third-order valence-corrected chi connectivity index (χ3v) is 5.82. The van der Waals surface area contributed by atoms with Gasteiger partial charge in [-0.05, 0) is 36.8 Å². The Balaban J connectivity index is 1.76. The summed E-state index contributed by atoms with van der Waals surface area (Å²) in [5, 5.41) is 0.943. The third kappa shape index (κ3) is 4.32. The van der Waals surface area contributed by atoms with Crippen LogP contribution in [0.2, 0.25) is 10.0 Å². The van der Waals surface area contributed by atoms with Crippen LogP contribution in [-0.4, -0.2) is 35.4 Å². The van der Waals surface area contributed by atoms with Crippen molar-refractivity contribution in [3.05, 3.63) is 51.0 Å². The van der Waals surface area contributed by atoms with Gasteiger partial charge in [0.05, 0.1) is 15.0 Å². The van der Waals surface area contributed by atoms with E-state index in [0.29, 0.717) is 43.9 Å². The van der Waals surface area contributed by atoms with E-state index >= 15 is 0 Å². The number of hydrogen-bond donors (Lipinski definition) is 0. The predicted molar refractivity (Wildman–Crippen MR) is 111 cm³/mol. The molecule has 1 aromatic heterocycles. The summed E-state index contributed by atoms with van der Waals surface area (Å²) in [6.07, 6.45) is 2.44. The van der Waals surface area contributed by atoms with Gasteiger partial charge in [0.1, 0.15) is 15.8 Å². The van der Waals surface area contributed by atoms with E-state index in [1.807, 2.05) is 12.1 Å². The smallest absolute Gasteiger partial charge is 0.266 e. The van der Waals surface area contributed by atoms with E-state index in [9.17, 15) is 4.79 Å². The minimum absolute atomic E-state index is 0.108. The van der Waals surface area contributed by atoms with E-state index in [4.69, 9.17) is 44.6 Å². The van der Waals surface area contributed by atoms with Crippen LogP contribution in [0.1, 0.15) is 12.2 Å². The molecule has 136 valence electrons. The van der Waals surface area contributed by atoms with Crippen LogP contribution in [0.15, 0.2) is 39.7 Å². The number of furan rings is 1. The van der Waals surface area contributed by atoms with Crippen LogP contribution in [0.3, 0.4) is 0 Å². The summed E-state index contributed by atoms with van der Waals surface area (Å²) in [6, 6.07) is 8.90. The first kappa shape index (κ1) is 19.5. The van der Waals surface area contributed by atoms with Gasteiger partial charge in [0, 0.05) is 31.9 Å². The molecular weight excluding hydrogens is 413 g/mol. The van der Waals surface area contributed by atoms with Gasteiger partial charge in [0.25, 0.3) is 5.91 Å². The molecule has 1 saturated heterocycles. The van der Waals surface area contributed by atoms with Crippen molar-refractivity contribution in [2.24, 2.45) is 0 Å². The Hall–Kier alpha value is -1.31. The lowest BCUT2D eigenvalue weighted by molar-refractivity contribution is -0.122. The molecule has 0 bridgehead atoms. The molecule has 0 aliphatic carbocycles. The Kier molecular flexibility index (Phi) is 6.42. The van der Waals surface area contributed by atoms with E-state index < -0.39 is 0 Å². The second-order valence-electron chi connectivity index (χ2n) is 5.51. The Bertz CT molecular complexity index is 879. The minimum atomic E-state index is -0.108. The molecule has 0 unspecified atom stereocenters. The highest BCUT2D eigenvalue weighted by Crippen LogP contribution is 2.34. The highest BCUT2D eigenvalue weighted by atomic mass is 35.5. The molecule has 1 fully saturated rings. The SMILES string of the molecule is COCCCN1C(=O)/C(=C\c2ccc(-c3ccc(Cl)c(Cl)c3)o2)SC1=S. The molecule has 1 amide bonds. The van der Waals surface area contributed by atoms with Crippen LogP contribution in [0.5, 0.6) is 0 Å². The highest BCUT2D eigenvalue weighted by Gasteiger charge is 2.31. The number of carbonyl (C=O) groups is 1. The van der Waals surface area contributed by atoms with E-state index in [-0.39, 0.29) is 5.91 Å². The van der Waals surface area contributed by atoms with Crippen molar-refractivity contribution in [3.8, 4) is 11.3 Å². The standard InChI is InChI=1S/C18H15Cl2NO3S2/c1-23-8-2-7-21-17(22)16(26-18(21)25)10-12-4-6-15(24-12)11-3-5-13(19)14(20)9-11/h3-6,9-10H,2,7-8H2,1H3/b16-10+. The van der Waals surface area contributed by atoms with Gasteiger partial charge >= 0.3 is 0 Å². The van der Waals surface area contributed by atoms with Crippen LogP contribution >= 0.6 is 47.2 Å². The third-order valence-electron chi connectivity index (χ3n) is 3.71. The summed E-state index contributed by atoms with van der Waals surface area (Å²) in [5.41, 5.74) is 0.811. The lowest BCUT2D eigenvalue weighted by Crippen LogP contribution is -2.29. The molecule has 0 N–H and O–H groups in total. The molecule has 2 heterocycles. The molecule has 26 heavy (non-hydrogen) atoms. The fourth-order valence-corrected chi connectivity index (χ4v) is 4.01. The number of methoxy groups -OCH3 is 1. The first-order valence-electron chi connectivity index (χ1n) is 7.79. The second kappa shape index (κ2) is 8.59. The van der Waals surface area contributed by atoms with Crippen LogP contribution in [0.25, 0.3) is 17.4 Å². The number of amides is 1. The Morgan fingerprint density at radius 2 is 2.08 bits per heavy atom. The molecule has 2 aromatic rings. The maximum Gasteiger partial charge on any atom is 0.266 e. The van der Waals surface area contributed by atoms with Crippen LogP contribution in [0.4, 0.5) is 0 Å². The zero-order chi connectivity index (χ0) is 18.7. The maximum atomic E-state index is 12.5. The molecule has 0 saturated carbocycles. The van der Waals surface area contributed by atoms with Crippen molar-refractivity contribution in [2.75, 3.05) is 20.3 Å². The zero-order valence-electron chi connectivity index (χ0n) is 13.8. The van der Waals surface area contributed by atoms with E-state index in [2.05, 4.69) is 0 Å². The average Bonchev–Trinajstić information content (AvgIpc) is 3.18. The number of thioether (sulfide) groups is 1. The van der Waals surface area contributed by atoms with Gasteiger partial charge in [-0.2, -0.15) is 0 Å². The van der Waals surface area contributed by atoms with Gasteiger partial charge in [0.2, 0.25) is 0 Å². The van der Waals surface area contributed by atoms with Gasteiger partial charge in [-0.15, -0.1) is 0 Å². The summed E-state index contributed by atoms with van der Waals surface area (Å²) in [4.78, 5) is 14.6. The van der Waals surface area contributed by atoms with Crippen molar-refractivity contribution in [1.29, 1.82) is 0 Å². The molecule has 0 spiro atoms. The highest BCUT2D eigenvalue weighted by molar-refractivity contribution is 8.26. The molecule has 1 aliphatic rings. The number of carbonyl (C=O) groups excluding carboxylic acids is 1. The van der Waals surface area contributed by atoms with E-state index in [0.717, 1.165) is 12.0 Å². The Morgan fingerprint density at radius 3 is 2.81 bits per heavy atom. The average molecular weight is 428 g/mol. The molecule has 3 rings (SSSR count). The molecule has 8 heteroatoms. The molecular formula is C18H15Cl2NO3S2. The first-order valence-corrected chi connectivity index (χ1v) is 9.77. The van der Waals surface area contributed by atoms with Gasteiger partial charge in [0.15, 0.2) is 0 Å². The van der Waals surface area contributed by atoms with Gasteiger partial charge in [-0.1, -0.05) is 47.2 Å². The van der Waals surface area contributed by atoms with Crippen molar-refractivity contribution in [1.82, 2.24) is 4.90 Å². The summed E-state index contributed by atoms with van der Waals surface area (Å²) in [7, 11) is 1.63. The minimum Gasteiger partial charge on any atom is -0.457 e. The van der Waals surface area contributed by atoms with E-state index in [1.165, 1.54) is 11.8 Å². The summed E-state index contributed by atoms with van der Waals surface area (Å²) < 4.78 is 11.4. The Morgan fingerprint density at radius 1 is 1.27 bits per heavy atom. The van der Waals surface area contributed by atoms with E-state index in [1.54, 1.807) is 36.3 Å². The number of benzene rings is 1. The summed E-state index contributed by atoms with van der Waals surface area (Å²) >= 11 is 18.6. The summed E-state index contributed by atoms with van der Waals surface area (Å²) in [5.74, 6) is 1.11. The molecule has 1 aliphatic heterocycles. The number of ether oxygens (including phenoxy) is 1. The number of hydrogen-bond acceptors (Lipinski definition) is 5. The predicted octanol–water partition coefficient (Wildman–Crippen LogP) is 5.49. The number of nitrogens with zero attached hydrogens (tertiary/aromatic N) is 1. The van der Waals surface area contributed by atoms with Gasteiger partial charge in [-0.3, -0.25) is 9.69 Å². The topological polar surface area (TPSA) is 42.7 Å². The monoisotopic (exact) mass is 427 g/mol. The van der Waals surface area contributed by atoms with Crippen molar-refractivity contribution >= 4 is 63.5 Å². The number of halogens is 2. The van der Waals surface area contributed by atoms with Crippen molar-refractivity contribution < 1.29 is 13.9 Å². The second-order valence-corrected chi connectivity index (χ2v) is 8.00. The normalized spacial score (nSPS) is 16.1. The summed E-state index contributed by atoms with van der Waals surface area (Å²) in [6.45, 7) is 1.13. The molecule has 1 aromatic carbocycles. The zero-order valence-corrected chi connectivity index (χ0v) is 17.0. The number of thiocarbonyl (C=S) groups is 1. The van der Waals surface area contributed by atoms with Crippen LogP contribution in [0, 0.1) is 0 Å². The van der Waals surface area contributed by atoms with Gasteiger partial charge < -0.3 is 9.15 Å². The van der Waals surface area contributed by atoms with Crippen molar-refractivity contribution in [3.63, 3.8) is 0 Å². The van der Waals surface area contributed by atoms with Crippen LogP contribution in [-0.2, 0) is 9.53 Å². The fraction of sp³-hybridized carbons (Fsp3) is 0.222. The van der Waals surface area contributed by atoms with Crippen molar-refractivity contribution in [2.45, 2.75) is 6.42 Å². The molecule has 0 atom stereocenters. The maximum absolute atomic E-state index is 12.5. The lowest BCUT2D eigenvalue weighted by Gasteiger charge is -2.13. The number of rotatable bonds is 6.